The molecular weight excluding hydrogens is 262 g/mol. The van der Waals surface area contributed by atoms with Gasteiger partial charge in [-0.2, -0.15) is 0 Å². The van der Waals surface area contributed by atoms with E-state index in [1.54, 1.807) is 0 Å². The van der Waals surface area contributed by atoms with E-state index in [2.05, 4.69) is 6.58 Å². The molecule has 1 saturated heterocycles. The Morgan fingerprint density at radius 1 is 1.38 bits per heavy atom. The van der Waals surface area contributed by atoms with E-state index in [-0.39, 0.29) is 11.6 Å². The Labute approximate surface area is 126 Å². The number of rotatable bonds is 4. The number of nitrogens with zero attached hydrogens (tertiary/aromatic N) is 1. The van der Waals surface area contributed by atoms with Crippen molar-refractivity contribution in [1.82, 2.24) is 4.90 Å². The SMILES string of the molecule is C=CC[C@@]12CCCC1CCN2C(=O)OCc1ccccc1. The van der Waals surface area contributed by atoms with Crippen LogP contribution in [0, 0.1) is 5.92 Å². The van der Waals surface area contributed by atoms with Crippen LogP contribution in [0.25, 0.3) is 0 Å². The van der Waals surface area contributed by atoms with Crippen LogP contribution in [0.3, 0.4) is 0 Å². The van der Waals surface area contributed by atoms with Gasteiger partial charge in [0.15, 0.2) is 0 Å². The van der Waals surface area contributed by atoms with Crippen LogP contribution in [0.5, 0.6) is 0 Å². The minimum Gasteiger partial charge on any atom is -0.445 e. The van der Waals surface area contributed by atoms with Crippen molar-refractivity contribution in [1.29, 1.82) is 0 Å². The Hall–Kier alpha value is -1.77. The highest BCUT2D eigenvalue weighted by Gasteiger charge is 2.52. The van der Waals surface area contributed by atoms with Crippen molar-refractivity contribution in [2.75, 3.05) is 6.54 Å². The van der Waals surface area contributed by atoms with Crippen LogP contribution in [0.2, 0.25) is 0 Å². The van der Waals surface area contributed by atoms with E-state index < -0.39 is 0 Å². The van der Waals surface area contributed by atoms with Crippen LogP contribution in [0.15, 0.2) is 43.0 Å². The van der Waals surface area contributed by atoms with E-state index in [9.17, 15) is 4.79 Å². The molecule has 2 atom stereocenters. The molecule has 1 aromatic carbocycles. The smallest absolute Gasteiger partial charge is 0.410 e. The number of hydrogen-bond acceptors (Lipinski definition) is 2. The molecule has 2 fully saturated rings. The zero-order valence-corrected chi connectivity index (χ0v) is 12.5. The minimum absolute atomic E-state index is 0.0183. The monoisotopic (exact) mass is 285 g/mol. The van der Waals surface area contributed by atoms with Crippen molar-refractivity contribution >= 4 is 6.09 Å². The molecule has 0 N–H and O–H groups in total. The van der Waals surface area contributed by atoms with Crippen LogP contribution in [-0.4, -0.2) is 23.1 Å². The van der Waals surface area contributed by atoms with Gasteiger partial charge >= 0.3 is 6.09 Å². The number of carbonyl (C=O) groups is 1. The summed E-state index contributed by atoms with van der Waals surface area (Å²) >= 11 is 0. The van der Waals surface area contributed by atoms with E-state index in [1.807, 2.05) is 41.3 Å². The predicted molar refractivity (Wildman–Crippen MR) is 82.8 cm³/mol. The van der Waals surface area contributed by atoms with Gasteiger partial charge in [-0.3, -0.25) is 0 Å². The number of benzene rings is 1. The summed E-state index contributed by atoms with van der Waals surface area (Å²) in [5, 5.41) is 0. The van der Waals surface area contributed by atoms with Gasteiger partial charge in [0.1, 0.15) is 6.61 Å². The van der Waals surface area contributed by atoms with Gasteiger partial charge in [0.2, 0.25) is 0 Å². The lowest BCUT2D eigenvalue weighted by molar-refractivity contribution is 0.0596. The third-order valence-electron chi connectivity index (χ3n) is 5.08. The van der Waals surface area contributed by atoms with Crippen molar-refractivity contribution in [3.8, 4) is 0 Å². The number of hydrogen-bond donors (Lipinski definition) is 0. The Balaban J connectivity index is 1.67. The molecule has 2 aliphatic rings. The summed E-state index contributed by atoms with van der Waals surface area (Å²) in [6.45, 7) is 5.07. The summed E-state index contributed by atoms with van der Waals surface area (Å²) in [6, 6.07) is 9.86. The third kappa shape index (κ3) is 2.57. The van der Waals surface area contributed by atoms with Gasteiger partial charge in [0.05, 0.1) is 5.54 Å². The van der Waals surface area contributed by atoms with E-state index >= 15 is 0 Å². The fourth-order valence-corrected chi connectivity index (χ4v) is 4.10. The van der Waals surface area contributed by atoms with E-state index in [1.165, 1.54) is 12.8 Å². The molecule has 1 heterocycles. The maximum Gasteiger partial charge on any atom is 0.410 e. The van der Waals surface area contributed by atoms with Crippen LogP contribution >= 0.6 is 0 Å². The van der Waals surface area contributed by atoms with Crippen LogP contribution in [0.4, 0.5) is 4.79 Å². The average molecular weight is 285 g/mol. The number of ether oxygens (including phenoxy) is 1. The van der Waals surface area contributed by atoms with Crippen molar-refractivity contribution in [2.45, 2.75) is 44.2 Å². The summed E-state index contributed by atoms with van der Waals surface area (Å²) in [7, 11) is 0. The fourth-order valence-electron chi connectivity index (χ4n) is 4.10. The van der Waals surface area contributed by atoms with Crippen LogP contribution in [-0.2, 0) is 11.3 Å². The molecule has 1 aliphatic carbocycles. The largest absolute Gasteiger partial charge is 0.445 e. The second-order valence-electron chi connectivity index (χ2n) is 6.17. The minimum atomic E-state index is -0.162. The summed E-state index contributed by atoms with van der Waals surface area (Å²) in [5.41, 5.74) is 1.01. The first-order valence-electron chi connectivity index (χ1n) is 7.85. The molecular formula is C18H23NO2. The lowest BCUT2D eigenvalue weighted by Gasteiger charge is -2.37. The zero-order chi connectivity index (χ0) is 14.7. The lowest BCUT2D eigenvalue weighted by atomic mass is 9.85. The highest BCUT2D eigenvalue weighted by Crippen LogP contribution is 2.49. The first-order chi connectivity index (χ1) is 10.3. The topological polar surface area (TPSA) is 29.5 Å². The molecule has 0 aromatic heterocycles. The Morgan fingerprint density at radius 2 is 2.19 bits per heavy atom. The normalized spacial score (nSPS) is 27.4. The summed E-state index contributed by atoms with van der Waals surface area (Å²) in [6.07, 6.45) is 7.32. The van der Waals surface area contributed by atoms with Gasteiger partial charge in [-0.25, -0.2) is 4.79 Å². The van der Waals surface area contributed by atoms with Gasteiger partial charge in [-0.1, -0.05) is 42.8 Å². The summed E-state index contributed by atoms with van der Waals surface area (Å²) < 4.78 is 5.54. The summed E-state index contributed by atoms with van der Waals surface area (Å²) in [4.78, 5) is 14.5. The van der Waals surface area contributed by atoms with Crippen molar-refractivity contribution in [3.63, 3.8) is 0 Å². The Morgan fingerprint density at radius 3 is 2.95 bits per heavy atom. The number of fused-ring (bicyclic) bond motifs is 1. The molecule has 21 heavy (non-hydrogen) atoms. The first kappa shape index (κ1) is 14.2. The molecule has 3 rings (SSSR count). The standard InChI is InChI=1S/C18H23NO2/c1-2-11-18-12-6-9-16(18)10-13-19(18)17(20)21-14-15-7-4-3-5-8-15/h2-5,7-8,16H,1,6,9-14H2/t16?,18-/m1/s1. The van der Waals surface area contributed by atoms with E-state index in [4.69, 9.17) is 4.74 Å². The number of likely N-dealkylation sites (tertiary alicyclic amines) is 1. The molecule has 112 valence electrons. The van der Waals surface area contributed by atoms with Crippen molar-refractivity contribution in [3.05, 3.63) is 48.6 Å². The first-order valence-corrected chi connectivity index (χ1v) is 7.85. The van der Waals surface area contributed by atoms with E-state index in [0.717, 1.165) is 31.4 Å². The van der Waals surface area contributed by atoms with Gasteiger partial charge in [0, 0.05) is 6.54 Å². The van der Waals surface area contributed by atoms with Crippen molar-refractivity contribution < 1.29 is 9.53 Å². The second kappa shape index (κ2) is 5.92. The van der Waals surface area contributed by atoms with Gasteiger partial charge < -0.3 is 9.64 Å². The van der Waals surface area contributed by atoms with Gasteiger partial charge in [-0.15, -0.1) is 6.58 Å². The quantitative estimate of drug-likeness (QED) is 0.778. The molecule has 1 amide bonds. The third-order valence-corrected chi connectivity index (χ3v) is 5.08. The molecule has 1 unspecified atom stereocenters. The average Bonchev–Trinajstić information content (AvgIpc) is 3.04. The van der Waals surface area contributed by atoms with Gasteiger partial charge in [0.25, 0.3) is 0 Å². The molecule has 3 heteroatoms. The van der Waals surface area contributed by atoms with Crippen LogP contribution < -0.4 is 0 Å². The lowest BCUT2D eigenvalue weighted by Crippen LogP contribution is -2.48. The van der Waals surface area contributed by atoms with E-state index in [0.29, 0.717) is 12.5 Å². The highest BCUT2D eigenvalue weighted by atomic mass is 16.6. The molecule has 1 aromatic rings. The second-order valence-corrected chi connectivity index (χ2v) is 6.17. The van der Waals surface area contributed by atoms with Gasteiger partial charge in [-0.05, 0) is 37.2 Å². The molecule has 0 spiro atoms. The number of amides is 1. The maximum absolute atomic E-state index is 12.5. The Bertz CT molecular complexity index is 513. The zero-order valence-electron chi connectivity index (χ0n) is 12.5. The molecule has 0 radical (unpaired) electrons. The predicted octanol–water partition coefficient (Wildman–Crippen LogP) is 4.14. The van der Waals surface area contributed by atoms with Crippen LogP contribution in [0.1, 0.15) is 37.7 Å². The fraction of sp³-hybridized carbons (Fsp3) is 0.500. The van der Waals surface area contributed by atoms with Crippen molar-refractivity contribution in [2.24, 2.45) is 5.92 Å². The molecule has 1 saturated carbocycles. The molecule has 0 bridgehead atoms. The molecule has 1 aliphatic heterocycles. The Kier molecular flexibility index (Phi) is 4.00. The number of carbonyl (C=O) groups excluding carboxylic acids is 1. The maximum atomic E-state index is 12.5. The summed E-state index contributed by atoms with van der Waals surface area (Å²) in [5.74, 6) is 0.625. The molecule has 3 nitrogen and oxygen atoms in total. The highest BCUT2D eigenvalue weighted by molar-refractivity contribution is 5.69.